The second-order valence-electron chi connectivity index (χ2n) is 5.20. The van der Waals surface area contributed by atoms with Gasteiger partial charge < -0.3 is 20.0 Å². The number of hydrogen-bond acceptors (Lipinski definition) is 4. The summed E-state index contributed by atoms with van der Waals surface area (Å²) < 4.78 is 4.98. The molecule has 1 fully saturated rings. The lowest BCUT2D eigenvalue weighted by Gasteiger charge is -2.24. The average molecular weight is 228 g/mol. The van der Waals surface area contributed by atoms with Crippen LogP contribution in [0.4, 0.5) is 4.79 Å². The fourth-order valence-corrected chi connectivity index (χ4v) is 1.35. The zero-order valence-corrected chi connectivity index (χ0v) is 9.91. The van der Waals surface area contributed by atoms with Crippen LogP contribution in [0.1, 0.15) is 40.0 Å². The van der Waals surface area contributed by atoms with Crippen molar-refractivity contribution in [3.05, 3.63) is 0 Å². The Bertz CT molecular complexity index is 278. The number of carboxylic acids is 1. The first-order valence-electron chi connectivity index (χ1n) is 5.48. The molecule has 5 nitrogen and oxygen atoms in total. The van der Waals surface area contributed by atoms with E-state index in [9.17, 15) is 14.7 Å². The van der Waals surface area contributed by atoms with Gasteiger partial charge in [0, 0.05) is 0 Å². The van der Waals surface area contributed by atoms with Gasteiger partial charge in [-0.15, -0.1) is 0 Å². The number of amides is 1. The van der Waals surface area contributed by atoms with E-state index in [0.717, 1.165) is 12.8 Å². The van der Waals surface area contributed by atoms with Crippen LogP contribution in [0.5, 0.6) is 0 Å². The molecule has 1 N–H and O–H groups in total. The van der Waals surface area contributed by atoms with Crippen molar-refractivity contribution in [2.45, 2.75) is 51.7 Å². The maximum absolute atomic E-state index is 11.4. The minimum Gasteiger partial charge on any atom is -0.548 e. The molecule has 5 heteroatoms. The van der Waals surface area contributed by atoms with E-state index in [1.165, 1.54) is 0 Å². The largest absolute Gasteiger partial charge is 0.548 e. The lowest BCUT2D eigenvalue weighted by molar-refractivity contribution is -0.308. The molecule has 0 heterocycles. The lowest BCUT2D eigenvalue weighted by atomic mass is 10.1. The third kappa shape index (κ3) is 5.00. The quantitative estimate of drug-likeness (QED) is 0.756. The Morgan fingerprint density at radius 3 is 2.38 bits per heavy atom. The van der Waals surface area contributed by atoms with Gasteiger partial charge in [0.2, 0.25) is 0 Å². The van der Waals surface area contributed by atoms with E-state index in [0.29, 0.717) is 12.3 Å². The molecule has 0 aromatic rings. The van der Waals surface area contributed by atoms with E-state index in [4.69, 9.17) is 4.74 Å². The summed E-state index contributed by atoms with van der Waals surface area (Å²) in [7, 11) is 0. The molecule has 1 amide bonds. The molecule has 1 saturated carbocycles. The van der Waals surface area contributed by atoms with Crippen molar-refractivity contribution in [1.82, 2.24) is 5.32 Å². The van der Waals surface area contributed by atoms with Crippen LogP contribution in [-0.4, -0.2) is 23.7 Å². The molecule has 0 aromatic carbocycles. The molecule has 1 atom stereocenters. The number of alkyl carbamates (subject to hydrolysis) is 1. The van der Waals surface area contributed by atoms with Crippen molar-refractivity contribution in [2.24, 2.45) is 5.92 Å². The second-order valence-corrected chi connectivity index (χ2v) is 5.20. The number of carbonyl (C=O) groups is 2. The van der Waals surface area contributed by atoms with Crippen molar-refractivity contribution < 1.29 is 19.4 Å². The zero-order chi connectivity index (χ0) is 12.3. The van der Waals surface area contributed by atoms with Crippen molar-refractivity contribution in [2.75, 3.05) is 0 Å². The zero-order valence-electron chi connectivity index (χ0n) is 9.91. The Kier molecular flexibility index (Phi) is 3.78. The van der Waals surface area contributed by atoms with Gasteiger partial charge in [0.05, 0.1) is 12.0 Å². The number of carboxylic acid groups (broad SMARTS) is 1. The Hall–Kier alpha value is -1.26. The Labute approximate surface area is 95.2 Å². The molecule has 1 aliphatic rings. The van der Waals surface area contributed by atoms with Crippen LogP contribution in [0, 0.1) is 5.92 Å². The van der Waals surface area contributed by atoms with Crippen molar-refractivity contribution >= 4 is 12.1 Å². The molecule has 1 aliphatic carbocycles. The van der Waals surface area contributed by atoms with Crippen LogP contribution in [0.15, 0.2) is 0 Å². The fourth-order valence-electron chi connectivity index (χ4n) is 1.35. The predicted molar refractivity (Wildman–Crippen MR) is 55.5 cm³/mol. The SMILES string of the molecule is CC(C)(C)OC(=O)N[C@H](CC1CC1)C(=O)[O-]. The molecule has 0 bridgehead atoms. The highest BCUT2D eigenvalue weighted by atomic mass is 16.6. The van der Waals surface area contributed by atoms with Crippen molar-refractivity contribution in [1.29, 1.82) is 0 Å². The molecule has 0 aliphatic heterocycles. The van der Waals surface area contributed by atoms with Crippen LogP contribution in [0.25, 0.3) is 0 Å². The lowest BCUT2D eigenvalue weighted by Crippen LogP contribution is -2.49. The third-order valence-corrected chi connectivity index (χ3v) is 2.24. The van der Waals surface area contributed by atoms with Crippen LogP contribution >= 0.6 is 0 Å². The first-order valence-corrected chi connectivity index (χ1v) is 5.48. The average Bonchev–Trinajstić information content (AvgIpc) is 2.82. The molecule has 0 unspecified atom stereocenters. The molecule has 92 valence electrons. The van der Waals surface area contributed by atoms with Crippen LogP contribution in [0.2, 0.25) is 0 Å². The standard InChI is InChI=1S/C11H19NO4/c1-11(2,3)16-10(15)12-8(9(13)14)6-7-4-5-7/h7-8H,4-6H2,1-3H3,(H,12,15)(H,13,14)/p-1/t8-/m1/s1. The number of nitrogens with one attached hydrogen (secondary N) is 1. The van der Waals surface area contributed by atoms with Gasteiger partial charge in [-0.25, -0.2) is 4.79 Å². The molecule has 0 radical (unpaired) electrons. The molecule has 0 saturated heterocycles. The summed E-state index contributed by atoms with van der Waals surface area (Å²) in [5.41, 5.74) is -0.625. The van der Waals surface area contributed by atoms with E-state index >= 15 is 0 Å². The van der Waals surface area contributed by atoms with Crippen LogP contribution in [0.3, 0.4) is 0 Å². The Balaban J connectivity index is 2.41. The Morgan fingerprint density at radius 1 is 1.44 bits per heavy atom. The highest BCUT2D eigenvalue weighted by Crippen LogP contribution is 2.33. The third-order valence-electron chi connectivity index (χ3n) is 2.24. The number of aliphatic carboxylic acids is 1. The van der Waals surface area contributed by atoms with E-state index in [1.54, 1.807) is 20.8 Å². The molecule has 0 aromatic heterocycles. The normalized spacial score (nSPS) is 17.7. The minimum atomic E-state index is -1.25. The fraction of sp³-hybridized carbons (Fsp3) is 0.818. The first kappa shape index (κ1) is 12.8. The number of carbonyl (C=O) groups excluding carboxylic acids is 2. The van der Waals surface area contributed by atoms with Gasteiger partial charge in [-0.05, 0) is 33.1 Å². The molecule has 1 rings (SSSR count). The summed E-state index contributed by atoms with van der Waals surface area (Å²) in [4.78, 5) is 22.1. The predicted octanol–water partition coefficient (Wildman–Crippen LogP) is 0.430. The molecular weight excluding hydrogens is 210 g/mol. The van der Waals surface area contributed by atoms with Gasteiger partial charge in [-0.2, -0.15) is 0 Å². The number of hydrogen-bond donors (Lipinski definition) is 1. The second kappa shape index (κ2) is 4.72. The number of rotatable bonds is 4. The highest BCUT2D eigenvalue weighted by molar-refractivity contribution is 5.78. The topological polar surface area (TPSA) is 78.5 Å². The van der Waals surface area contributed by atoms with E-state index in [-0.39, 0.29) is 0 Å². The molecule has 0 spiro atoms. The van der Waals surface area contributed by atoms with Gasteiger partial charge in [0.1, 0.15) is 5.60 Å². The summed E-state index contributed by atoms with van der Waals surface area (Å²) in [6.45, 7) is 5.17. The monoisotopic (exact) mass is 228 g/mol. The summed E-state index contributed by atoms with van der Waals surface area (Å²) in [5, 5.41) is 13.1. The number of ether oxygens (including phenoxy) is 1. The van der Waals surface area contributed by atoms with Gasteiger partial charge in [0.15, 0.2) is 0 Å². The summed E-state index contributed by atoms with van der Waals surface area (Å²) in [5.74, 6) is -0.851. The smallest absolute Gasteiger partial charge is 0.408 e. The summed E-state index contributed by atoms with van der Waals surface area (Å²) in [6.07, 6.45) is 1.78. The summed E-state index contributed by atoms with van der Waals surface area (Å²) in [6, 6.07) is -0.942. The van der Waals surface area contributed by atoms with Gasteiger partial charge in [0.25, 0.3) is 0 Å². The maximum Gasteiger partial charge on any atom is 0.408 e. The van der Waals surface area contributed by atoms with Gasteiger partial charge in [-0.1, -0.05) is 12.8 Å². The van der Waals surface area contributed by atoms with Gasteiger partial charge >= 0.3 is 6.09 Å². The molecular formula is C11H18NO4-. The van der Waals surface area contributed by atoms with Crippen LogP contribution in [-0.2, 0) is 9.53 Å². The minimum absolute atomic E-state index is 0.401. The maximum atomic E-state index is 11.4. The van der Waals surface area contributed by atoms with E-state index in [2.05, 4.69) is 5.32 Å². The van der Waals surface area contributed by atoms with Crippen molar-refractivity contribution in [3.63, 3.8) is 0 Å². The Morgan fingerprint density at radius 2 is 2.00 bits per heavy atom. The van der Waals surface area contributed by atoms with Crippen LogP contribution < -0.4 is 10.4 Å². The van der Waals surface area contributed by atoms with E-state index in [1.807, 2.05) is 0 Å². The van der Waals surface area contributed by atoms with E-state index < -0.39 is 23.7 Å². The molecule has 16 heavy (non-hydrogen) atoms. The summed E-state index contributed by atoms with van der Waals surface area (Å²) >= 11 is 0. The van der Waals surface area contributed by atoms with Crippen molar-refractivity contribution in [3.8, 4) is 0 Å². The van der Waals surface area contributed by atoms with Gasteiger partial charge in [-0.3, -0.25) is 0 Å². The first-order chi connectivity index (χ1) is 7.28. The highest BCUT2D eigenvalue weighted by Gasteiger charge is 2.28.